The van der Waals surface area contributed by atoms with E-state index in [2.05, 4.69) is 0 Å². The molecule has 2 aliphatic rings. The van der Waals surface area contributed by atoms with Gasteiger partial charge in [0.15, 0.2) is 18.2 Å². The van der Waals surface area contributed by atoms with E-state index in [4.69, 9.17) is 23.7 Å². The highest BCUT2D eigenvalue weighted by Crippen LogP contribution is 2.30. The Labute approximate surface area is 230 Å². The van der Waals surface area contributed by atoms with Gasteiger partial charge in [-0.15, -0.1) is 0 Å². The van der Waals surface area contributed by atoms with Crippen LogP contribution >= 0.6 is 0 Å². The summed E-state index contributed by atoms with van der Waals surface area (Å²) in [7, 11) is 1.38. The van der Waals surface area contributed by atoms with Gasteiger partial charge in [-0.05, 0) is 44.8 Å². The zero-order valence-electron chi connectivity index (χ0n) is 23.9. The van der Waals surface area contributed by atoms with Gasteiger partial charge < -0.3 is 39.0 Å². The van der Waals surface area contributed by atoms with E-state index >= 15 is 0 Å². The molecule has 39 heavy (non-hydrogen) atoms. The topological polar surface area (TPSA) is 158 Å². The van der Waals surface area contributed by atoms with Crippen LogP contribution < -0.4 is 0 Å². The molecule has 3 N–H and O–H groups in total. The monoisotopic (exact) mass is 556 g/mol. The second-order valence-corrected chi connectivity index (χ2v) is 10.6. The summed E-state index contributed by atoms with van der Waals surface area (Å²) in [6.07, 6.45) is -6.08. The van der Waals surface area contributed by atoms with Crippen molar-refractivity contribution in [1.82, 2.24) is 0 Å². The number of hydrogen-bond acceptors (Lipinski definition) is 11. The number of ether oxygens (including phenoxy) is 5. The van der Waals surface area contributed by atoms with Crippen LogP contribution in [-0.4, -0.2) is 95.8 Å². The maximum absolute atomic E-state index is 13.7. The van der Waals surface area contributed by atoms with Crippen molar-refractivity contribution < 1.29 is 53.4 Å². The molecule has 2 aliphatic heterocycles. The van der Waals surface area contributed by atoms with E-state index in [9.17, 15) is 29.7 Å². The average Bonchev–Trinajstić information content (AvgIpc) is 3.16. The van der Waals surface area contributed by atoms with E-state index in [1.165, 1.54) is 7.11 Å². The highest BCUT2D eigenvalue weighted by Gasteiger charge is 2.47. The molecule has 1 fully saturated rings. The minimum atomic E-state index is -1.52. The normalized spacial score (nSPS) is 36.5. The van der Waals surface area contributed by atoms with Crippen LogP contribution in [-0.2, 0) is 38.1 Å². The quantitative estimate of drug-likeness (QED) is 0.295. The van der Waals surface area contributed by atoms with Crippen molar-refractivity contribution in [3.63, 3.8) is 0 Å². The average molecular weight is 557 g/mol. The SMILES string of the molecule is C/C=C(/C)[C@H]1C/C=C(\C)[C@@H](O[C@H]2O[C@H](CO)[C@@H](O)[C@@H]2O)[C@H](OC(=O)CC(C)C)C(=O)C[C@@H](OC)[C@H](C)C(=O)O1. The summed E-state index contributed by atoms with van der Waals surface area (Å²) in [6.45, 7) is 10.0. The molecular formula is C28H44O11. The zero-order valence-corrected chi connectivity index (χ0v) is 23.9. The lowest BCUT2D eigenvalue weighted by atomic mass is 9.92. The Hall–Kier alpha value is -2.15. The fraction of sp³-hybridized carbons (Fsp3) is 0.750. The van der Waals surface area contributed by atoms with E-state index < -0.39 is 79.3 Å². The van der Waals surface area contributed by atoms with Crippen molar-refractivity contribution in [2.24, 2.45) is 11.8 Å². The lowest BCUT2D eigenvalue weighted by Gasteiger charge is -2.32. The molecule has 0 aliphatic carbocycles. The summed E-state index contributed by atoms with van der Waals surface area (Å²) in [5.41, 5.74) is 1.26. The molecular weight excluding hydrogens is 512 g/mol. The fourth-order valence-electron chi connectivity index (χ4n) is 4.46. The van der Waals surface area contributed by atoms with Crippen molar-refractivity contribution in [2.45, 2.75) is 110 Å². The molecule has 0 saturated carbocycles. The Morgan fingerprint density at radius 1 is 1.21 bits per heavy atom. The Morgan fingerprint density at radius 2 is 1.87 bits per heavy atom. The van der Waals surface area contributed by atoms with Crippen molar-refractivity contribution in [2.75, 3.05) is 13.7 Å². The van der Waals surface area contributed by atoms with Gasteiger partial charge in [0.05, 0.1) is 18.6 Å². The molecule has 11 heteroatoms. The summed E-state index contributed by atoms with van der Waals surface area (Å²) in [4.78, 5) is 39.4. The van der Waals surface area contributed by atoms with Crippen LogP contribution in [0.5, 0.6) is 0 Å². The Bertz CT molecular complexity index is 911. The summed E-state index contributed by atoms with van der Waals surface area (Å²) in [6, 6.07) is 0. The van der Waals surface area contributed by atoms with Crippen LogP contribution in [0.2, 0.25) is 0 Å². The third kappa shape index (κ3) is 8.67. The zero-order chi connectivity index (χ0) is 29.4. The number of ketones is 1. The van der Waals surface area contributed by atoms with E-state index in [0.29, 0.717) is 5.57 Å². The van der Waals surface area contributed by atoms with Crippen molar-refractivity contribution in [3.8, 4) is 0 Å². The molecule has 0 radical (unpaired) electrons. The van der Waals surface area contributed by atoms with Crippen LogP contribution in [0.25, 0.3) is 0 Å². The highest BCUT2D eigenvalue weighted by atomic mass is 16.7. The number of carbonyl (C=O) groups excluding carboxylic acids is 3. The molecule has 2 rings (SSSR count). The molecule has 2 heterocycles. The fourth-order valence-corrected chi connectivity index (χ4v) is 4.46. The van der Waals surface area contributed by atoms with Gasteiger partial charge in [-0.3, -0.25) is 14.4 Å². The number of cyclic esters (lactones) is 1. The summed E-state index contributed by atoms with van der Waals surface area (Å²) in [5.74, 6) is -2.56. The lowest BCUT2D eigenvalue weighted by molar-refractivity contribution is -0.209. The van der Waals surface area contributed by atoms with Crippen LogP contribution in [0.3, 0.4) is 0 Å². The number of carbonyl (C=O) groups is 3. The van der Waals surface area contributed by atoms with E-state index in [0.717, 1.165) is 5.57 Å². The van der Waals surface area contributed by atoms with Crippen LogP contribution in [0, 0.1) is 11.8 Å². The predicted molar refractivity (Wildman–Crippen MR) is 139 cm³/mol. The highest BCUT2D eigenvalue weighted by molar-refractivity contribution is 5.88. The van der Waals surface area contributed by atoms with Crippen molar-refractivity contribution in [1.29, 1.82) is 0 Å². The first kappa shape index (κ1) is 33.1. The molecule has 0 bridgehead atoms. The molecule has 0 amide bonds. The Morgan fingerprint density at radius 3 is 2.41 bits per heavy atom. The standard InChI is InChI=1S/C28H44O11/c1-8-15(4)19-10-9-16(5)25(39-28-24(33)23(32)21(13-29)37-28)26(38-22(31)11-14(2)3)18(30)12-20(35-7)17(6)27(34)36-19/h8-9,14,17,19-21,23-26,28-29,32-33H,10-13H2,1-7H3/b15-8-,16-9+/t17-,19+,20+,21+,23+,24-,25+,26+,28+/m0/s1. The molecule has 1 saturated heterocycles. The first-order chi connectivity index (χ1) is 18.3. The Balaban J connectivity index is 2.58. The summed E-state index contributed by atoms with van der Waals surface area (Å²) < 4.78 is 28.5. The molecule has 9 atom stereocenters. The predicted octanol–water partition coefficient (Wildman–Crippen LogP) is 1.61. The van der Waals surface area contributed by atoms with Gasteiger partial charge in [-0.2, -0.15) is 0 Å². The van der Waals surface area contributed by atoms with Gasteiger partial charge in [-0.1, -0.05) is 26.0 Å². The number of methoxy groups -OCH3 is 1. The van der Waals surface area contributed by atoms with Gasteiger partial charge in [0.25, 0.3) is 0 Å². The second kappa shape index (κ2) is 15.0. The van der Waals surface area contributed by atoms with E-state index in [1.54, 1.807) is 19.9 Å². The number of rotatable bonds is 8. The van der Waals surface area contributed by atoms with Crippen molar-refractivity contribution >= 4 is 17.7 Å². The molecule has 0 aromatic rings. The third-order valence-electron chi connectivity index (χ3n) is 7.16. The number of esters is 2. The number of Topliss-reactive ketones (excluding diaryl/α,β-unsaturated/α-hetero) is 1. The third-order valence-corrected chi connectivity index (χ3v) is 7.16. The van der Waals surface area contributed by atoms with Gasteiger partial charge in [0.1, 0.15) is 30.5 Å². The van der Waals surface area contributed by atoms with Gasteiger partial charge in [-0.25, -0.2) is 0 Å². The number of hydrogen-bond donors (Lipinski definition) is 3. The van der Waals surface area contributed by atoms with Crippen LogP contribution in [0.15, 0.2) is 23.3 Å². The number of aliphatic hydroxyl groups is 3. The molecule has 0 aromatic carbocycles. The van der Waals surface area contributed by atoms with Crippen LogP contribution in [0.1, 0.15) is 60.8 Å². The molecule has 222 valence electrons. The van der Waals surface area contributed by atoms with E-state index in [1.807, 2.05) is 33.8 Å². The first-order valence-electron chi connectivity index (χ1n) is 13.4. The molecule has 0 unspecified atom stereocenters. The summed E-state index contributed by atoms with van der Waals surface area (Å²) in [5, 5.41) is 30.2. The molecule has 0 aromatic heterocycles. The maximum atomic E-state index is 13.7. The number of allylic oxidation sites excluding steroid dienone is 1. The van der Waals surface area contributed by atoms with Crippen LogP contribution in [0.4, 0.5) is 0 Å². The van der Waals surface area contributed by atoms with E-state index in [-0.39, 0.29) is 25.2 Å². The second-order valence-electron chi connectivity index (χ2n) is 10.6. The van der Waals surface area contributed by atoms with Crippen molar-refractivity contribution in [3.05, 3.63) is 23.3 Å². The van der Waals surface area contributed by atoms with Gasteiger partial charge in [0, 0.05) is 26.4 Å². The number of aliphatic hydroxyl groups excluding tert-OH is 3. The molecule has 11 nitrogen and oxygen atoms in total. The van der Waals surface area contributed by atoms with Gasteiger partial charge in [0.2, 0.25) is 0 Å². The first-order valence-corrected chi connectivity index (χ1v) is 13.4. The smallest absolute Gasteiger partial charge is 0.311 e. The molecule has 0 spiro atoms. The Kier molecular flexibility index (Phi) is 12.7. The minimum Gasteiger partial charge on any atom is -0.457 e. The maximum Gasteiger partial charge on any atom is 0.311 e. The summed E-state index contributed by atoms with van der Waals surface area (Å²) >= 11 is 0. The largest absolute Gasteiger partial charge is 0.457 e. The lowest BCUT2D eigenvalue weighted by Crippen LogP contribution is -2.47. The minimum absolute atomic E-state index is 0.0404. The van der Waals surface area contributed by atoms with Gasteiger partial charge >= 0.3 is 11.9 Å².